The number of hydrazine groups is 1. The second kappa shape index (κ2) is 5.65. The highest BCUT2D eigenvalue weighted by Gasteiger charge is 2.01. The van der Waals surface area contributed by atoms with Crippen molar-refractivity contribution in [3.63, 3.8) is 0 Å². The van der Waals surface area contributed by atoms with Crippen LogP contribution in [0.1, 0.15) is 6.92 Å². The largest absolute Gasteiger partial charge is 0.292 e. The third-order valence-corrected chi connectivity index (χ3v) is 3.14. The highest BCUT2D eigenvalue weighted by molar-refractivity contribution is 7.99. The van der Waals surface area contributed by atoms with Crippen molar-refractivity contribution in [3.8, 4) is 11.3 Å². The monoisotopic (exact) mass is 246 g/mol. The predicted molar refractivity (Wildman–Crippen MR) is 71.7 cm³/mol. The lowest BCUT2D eigenvalue weighted by atomic mass is 10.1. The summed E-state index contributed by atoms with van der Waals surface area (Å²) in [5, 5.41) is 0. The van der Waals surface area contributed by atoms with Gasteiger partial charge in [-0.1, -0.05) is 19.1 Å². The fraction of sp³-hybridized carbons (Fsp3) is 0.167. The Morgan fingerprint density at radius 2 is 2.00 bits per heavy atom. The number of hydrogen-bond donors (Lipinski definition) is 2. The smallest absolute Gasteiger partial charge is 0.237 e. The van der Waals surface area contributed by atoms with Crippen molar-refractivity contribution in [1.82, 2.24) is 9.97 Å². The molecule has 3 N–H and O–H groups in total. The van der Waals surface area contributed by atoms with Gasteiger partial charge in [-0.3, -0.25) is 5.43 Å². The lowest BCUT2D eigenvalue weighted by molar-refractivity contribution is 1.12. The minimum Gasteiger partial charge on any atom is -0.292 e. The van der Waals surface area contributed by atoms with Crippen LogP contribution in [0.25, 0.3) is 11.3 Å². The molecular formula is C12H14N4S. The summed E-state index contributed by atoms with van der Waals surface area (Å²) in [6.45, 7) is 2.14. The molecule has 4 nitrogen and oxygen atoms in total. The topological polar surface area (TPSA) is 63.8 Å². The molecule has 1 aromatic carbocycles. The van der Waals surface area contributed by atoms with Gasteiger partial charge >= 0.3 is 0 Å². The van der Waals surface area contributed by atoms with Crippen molar-refractivity contribution in [1.29, 1.82) is 0 Å². The van der Waals surface area contributed by atoms with E-state index in [1.807, 2.05) is 17.8 Å². The van der Waals surface area contributed by atoms with Gasteiger partial charge < -0.3 is 0 Å². The Balaban J connectivity index is 2.26. The molecule has 0 fully saturated rings. The minimum absolute atomic E-state index is 0.425. The van der Waals surface area contributed by atoms with Gasteiger partial charge in [0.15, 0.2) is 0 Å². The summed E-state index contributed by atoms with van der Waals surface area (Å²) in [4.78, 5) is 9.53. The van der Waals surface area contributed by atoms with Gasteiger partial charge in [-0.2, -0.15) is 0 Å². The van der Waals surface area contributed by atoms with Gasteiger partial charge in [0.25, 0.3) is 0 Å². The van der Waals surface area contributed by atoms with Crippen LogP contribution in [-0.2, 0) is 0 Å². The van der Waals surface area contributed by atoms with E-state index >= 15 is 0 Å². The van der Waals surface area contributed by atoms with Crippen molar-refractivity contribution < 1.29 is 0 Å². The number of hydrogen-bond acceptors (Lipinski definition) is 5. The van der Waals surface area contributed by atoms with E-state index in [1.165, 1.54) is 4.90 Å². The number of rotatable bonds is 4. The predicted octanol–water partition coefficient (Wildman–Crippen LogP) is 2.54. The van der Waals surface area contributed by atoms with Gasteiger partial charge in [0.1, 0.15) is 0 Å². The van der Waals surface area contributed by atoms with E-state index < -0.39 is 0 Å². The number of benzene rings is 1. The molecule has 1 aromatic heterocycles. The van der Waals surface area contributed by atoms with E-state index in [4.69, 9.17) is 5.84 Å². The highest BCUT2D eigenvalue weighted by Crippen LogP contribution is 2.22. The van der Waals surface area contributed by atoms with E-state index in [-0.39, 0.29) is 0 Å². The third-order valence-electron chi connectivity index (χ3n) is 2.25. The van der Waals surface area contributed by atoms with Gasteiger partial charge in [-0.05, 0) is 24.0 Å². The van der Waals surface area contributed by atoms with Crippen LogP contribution in [0.15, 0.2) is 41.4 Å². The van der Waals surface area contributed by atoms with Crippen LogP contribution in [0.3, 0.4) is 0 Å². The quantitative estimate of drug-likeness (QED) is 0.493. The van der Waals surface area contributed by atoms with Crippen LogP contribution in [0, 0.1) is 0 Å². The molecule has 2 rings (SSSR count). The van der Waals surface area contributed by atoms with Gasteiger partial charge in [-0.15, -0.1) is 11.8 Å². The van der Waals surface area contributed by atoms with E-state index in [0.29, 0.717) is 5.95 Å². The summed E-state index contributed by atoms with van der Waals surface area (Å²) >= 11 is 1.82. The fourth-order valence-corrected chi connectivity index (χ4v) is 2.14. The van der Waals surface area contributed by atoms with Gasteiger partial charge in [0.2, 0.25) is 5.95 Å². The normalized spacial score (nSPS) is 10.2. The molecule has 5 heteroatoms. The molecule has 88 valence electrons. The van der Waals surface area contributed by atoms with Crippen LogP contribution >= 0.6 is 11.8 Å². The molecule has 0 saturated heterocycles. The molecular weight excluding hydrogens is 232 g/mol. The molecule has 0 aliphatic carbocycles. The molecule has 0 radical (unpaired) electrons. The molecule has 0 unspecified atom stereocenters. The van der Waals surface area contributed by atoms with Gasteiger partial charge in [0.05, 0.1) is 5.69 Å². The number of thioether (sulfide) groups is 1. The maximum atomic E-state index is 5.28. The SMILES string of the molecule is CCSc1ccc(-c2ccnc(NN)n2)cc1. The Bertz CT molecular complexity index is 484. The molecule has 1 heterocycles. The Labute approximate surface area is 105 Å². The lowest BCUT2D eigenvalue weighted by Gasteiger charge is -2.04. The first-order chi connectivity index (χ1) is 8.33. The van der Waals surface area contributed by atoms with E-state index in [9.17, 15) is 0 Å². The van der Waals surface area contributed by atoms with E-state index in [2.05, 4.69) is 46.6 Å². The Morgan fingerprint density at radius 3 is 2.65 bits per heavy atom. The zero-order chi connectivity index (χ0) is 12.1. The van der Waals surface area contributed by atoms with Crippen LogP contribution in [0.2, 0.25) is 0 Å². The molecule has 0 saturated carbocycles. The number of nitrogens with two attached hydrogens (primary N) is 1. The standard InChI is InChI=1S/C12H14N4S/c1-2-17-10-5-3-9(4-6-10)11-7-8-14-12(15-11)16-13/h3-8H,2,13H2,1H3,(H,14,15,16). The maximum Gasteiger partial charge on any atom is 0.237 e. The summed E-state index contributed by atoms with van der Waals surface area (Å²) in [5.41, 5.74) is 4.36. The zero-order valence-corrected chi connectivity index (χ0v) is 10.4. The number of anilines is 1. The third kappa shape index (κ3) is 2.95. The number of nitrogens with zero attached hydrogens (tertiary/aromatic N) is 2. The maximum absolute atomic E-state index is 5.28. The fourth-order valence-electron chi connectivity index (χ4n) is 1.48. The Kier molecular flexibility index (Phi) is 3.95. The first-order valence-corrected chi connectivity index (χ1v) is 6.35. The summed E-state index contributed by atoms with van der Waals surface area (Å²) in [6.07, 6.45) is 1.69. The number of nitrogens with one attached hydrogen (secondary N) is 1. The van der Waals surface area contributed by atoms with Crippen LogP contribution < -0.4 is 11.3 Å². The van der Waals surface area contributed by atoms with Crippen molar-refractivity contribution in [2.75, 3.05) is 11.2 Å². The molecule has 0 aliphatic rings. The lowest BCUT2D eigenvalue weighted by Crippen LogP contribution is -2.10. The average molecular weight is 246 g/mol. The number of aromatic nitrogens is 2. The summed E-state index contributed by atoms with van der Waals surface area (Å²) < 4.78 is 0. The van der Waals surface area contributed by atoms with Crippen molar-refractivity contribution in [3.05, 3.63) is 36.5 Å². The van der Waals surface area contributed by atoms with Gasteiger partial charge in [-0.25, -0.2) is 15.8 Å². The first-order valence-electron chi connectivity index (χ1n) is 5.36. The second-order valence-electron chi connectivity index (χ2n) is 3.37. The summed E-state index contributed by atoms with van der Waals surface area (Å²) in [7, 11) is 0. The Morgan fingerprint density at radius 1 is 1.24 bits per heavy atom. The number of nitrogen functional groups attached to an aromatic ring is 1. The second-order valence-corrected chi connectivity index (χ2v) is 4.70. The molecule has 0 aliphatic heterocycles. The van der Waals surface area contributed by atoms with Crippen molar-refractivity contribution in [2.24, 2.45) is 5.84 Å². The van der Waals surface area contributed by atoms with Crippen LogP contribution in [0.4, 0.5) is 5.95 Å². The summed E-state index contributed by atoms with van der Waals surface area (Å²) in [6, 6.07) is 10.2. The molecule has 0 amide bonds. The molecule has 0 spiro atoms. The zero-order valence-electron chi connectivity index (χ0n) is 9.55. The molecule has 2 aromatic rings. The molecule has 0 bridgehead atoms. The highest BCUT2D eigenvalue weighted by atomic mass is 32.2. The average Bonchev–Trinajstić information content (AvgIpc) is 2.40. The van der Waals surface area contributed by atoms with Crippen molar-refractivity contribution in [2.45, 2.75) is 11.8 Å². The Hall–Kier alpha value is -1.59. The molecule has 17 heavy (non-hydrogen) atoms. The van der Waals surface area contributed by atoms with Crippen LogP contribution in [0.5, 0.6) is 0 Å². The van der Waals surface area contributed by atoms with E-state index in [1.54, 1.807) is 6.20 Å². The molecule has 0 atom stereocenters. The van der Waals surface area contributed by atoms with Crippen LogP contribution in [-0.4, -0.2) is 15.7 Å². The van der Waals surface area contributed by atoms with Crippen molar-refractivity contribution >= 4 is 17.7 Å². The first kappa shape index (κ1) is 11.9. The summed E-state index contributed by atoms with van der Waals surface area (Å²) in [5.74, 6) is 6.79. The minimum atomic E-state index is 0.425. The van der Waals surface area contributed by atoms with Gasteiger partial charge in [0, 0.05) is 16.7 Å². The van der Waals surface area contributed by atoms with E-state index in [0.717, 1.165) is 17.0 Å².